The average molecular weight is 500 g/mol. The van der Waals surface area contributed by atoms with Gasteiger partial charge in [-0.2, -0.15) is 0 Å². The van der Waals surface area contributed by atoms with Crippen LogP contribution in [0.15, 0.2) is 51.4 Å². The van der Waals surface area contributed by atoms with E-state index in [1.165, 1.54) is 0 Å². The summed E-state index contributed by atoms with van der Waals surface area (Å²) in [4.78, 5) is 12.4. The van der Waals surface area contributed by atoms with Crippen LogP contribution in [0.1, 0.15) is 30.6 Å². The number of anilines is 1. The number of halogens is 2. The third kappa shape index (κ3) is 6.37. The molecular formula is C19H20Br2N2O2S. The molecule has 0 aromatic heterocycles. The summed E-state index contributed by atoms with van der Waals surface area (Å²) < 4.78 is 7.33. The molecule has 0 radical (unpaired) electrons. The van der Waals surface area contributed by atoms with Crippen LogP contribution >= 0.6 is 44.1 Å². The third-order valence-electron chi connectivity index (χ3n) is 3.50. The van der Waals surface area contributed by atoms with E-state index in [1.54, 1.807) is 18.2 Å². The first-order chi connectivity index (χ1) is 12.4. The van der Waals surface area contributed by atoms with Crippen LogP contribution in [-0.4, -0.2) is 17.6 Å². The summed E-state index contributed by atoms with van der Waals surface area (Å²) in [7, 11) is 0. The molecule has 0 aliphatic carbocycles. The summed E-state index contributed by atoms with van der Waals surface area (Å²) in [5.74, 6) is 1.01. The second kappa shape index (κ2) is 10.0. The molecule has 0 bridgehead atoms. The number of hydrogen-bond acceptors (Lipinski definition) is 3. The zero-order valence-electron chi connectivity index (χ0n) is 14.5. The highest BCUT2D eigenvalue weighted by molar-refractivity contribution is 9.11. The van der Waals surface area contributed by atoms with Crippen LogP contribution in [0.5, 0.6) is 5.75 Å². The van der Waals surface area contributed by atoms with Crippen LogP contribution in [0.2, 0.25) is 0 Å². The van der Waals surface area contributed by atoms with E-state index in [0.717, 1.165) is 26.8 Å². The highest BCUT2D eigenvalue weighted by atomic mass is 79.9. The lowest BCUT2D eigenvalue weighted by Crippen LogP contribution is -2.34. The molecule has 7 heteroatoms. The fourth-order valence-corrected chi connectivity index (χ4v) is 3.13. The summed E-state index contributed by atoms with van der Waals surface area (Å²) >= 11 is 12.1. The average Bonchev–Trinajstić information content (AvgIpc) is 2.58. The summed E-state index contributed by atoms with van der Waals surface area (Å²) in [5.41, 5.74) is 1.28. The smallest absolute Gasteiger partial charge is 0.257 e. The predicted octanol–water partition coefficient (Wildman–Crippen LogP) is 5.76. The summed E-state index contributed by atoms with van der Waals surface area (Å²) in [6.45, 7) is 4.94. The molecule has 0 unspecified atom stereocenters. The van der Waals surface area contributed by atoms with Crippen LogP contribution < -0.4 is 15.4 Å². The Hall–Kier alpha value is -1.44. The lowest BCUT2D eigenvalue weighted by Gasteiger charge is -2.12. The van der Waals surface area contributed by atoms with Crippen LogP contribution in [0.4, 0.5) is 5.69 Å². The van der Waals surface area contributed by atoms with Gasteiger partial charge in [0.15, 0.2) is 5.11 Å². The Morgan fingerprint density at radius 1 is 1.15 bits per heavy atom. The molecule has 0 aliphatic rings. The fourth-order valence-electron chi connectivity index (χ4n) is 2.06. The van der Waals surface area contributed by atoms with Crippen molar-refractivity contribution in [1.29, 1.82) is 0 Å². The van der Waals surface area contributed by atoms with Gasteiger partial charge in [0.05, 0.1) is 16.8 Å². The maximum atomic E-state index is 12.4. The monoisotopic (exact) mass is 498 g/mol. The first kappa shape index (κ1) is 20.9. The van der Waals surface area contributed by atoms with Gasteiger partial charge in [0.2, 0.25) is 0 Å². The fraction of sp³-hybridized carbons (Fsp3) is 0.263. The summed E-state index contributed by atoms with van der Waals surface area (Å²) in [5, 5.41) is 5.90. The van der Waals surface area contributed by atoms with Gasteiger partial charge in [-0.25, -0.2) is 0 Å². The molecule has 138 valence electrons. The number of ether oxygens (including phenoxy) is 1. The molecule has 2 aromatic rings. The van der Waals surface area contributed by atoms with Gasteiger partial charge >= 0.3 is 0 Å². The maximum absolute atomic E-state index is 12.4. The molecule has 0 fully saturated rings. The van der Waals surface area contributed by atoms with E-state index >= 15 is 0 Å². The minimum atomic E-state index is -0.288. The normalized spacial score (nSPS) is 10.5. The van der Waals surface area contributed by atoms with E-state index in [1.807, 2.05) is 24.3 Å². The molecule has 0 heterocycles. The molecule has 0 saturated heterocycles. The van der Waals surface area contributed by atoms with Crippen molar-refractivity contribution in [3.05, 3.63) is 57.0 Å². The highest BCUT2D eigenvalue weighted by Crippen LogP contribution is 2.26. The predicted molar refractivity (Wildman–Crippen MR) is 117 cm³/mol. The van der Waals surface area contributed by atoms with Crippen molar-refractivity contribution in [2.75, 3.05) is 11.9 Å². The number of amides is 1. The van der Waals surface area contributed by atoms with E-state index in [-0.39, 0.29) is 11.0 Å². The number of benzene rings is 2. The molecule has 2 rings (SSSR count). The molecule has 0 spiro atoms. The topological polar surface area (TPSA) is 50.4 Å². The zero-order valence-corrected chi connectivity index (χ0v) is 18.5. The second-order valence-corrected chi connectivity index (χ2v) is 8.18. The second-order valence-electron chi connectivity index (χ2n) is 6.06. The minimum absolute atomic E-state index is 0.232. The van der Waals surface area contributed by atoms with Crippen molar-refractivity contribution in [3.8, 4) is 5.75 Å². The number of carbonyl (C=O) groups excluding carboxylic acids is 1. The Bertz CT molecular complexity index is 797. The van der Waals surface area contributed by atoms with Crippen LogP contribution in [-0.2, 0) is 0 Å². The Labute approximate surface area is 176 Å². The summed E-state index contributed by atoms with van der Waals surface area (Å²) in [6, 6.07) is 12.8. The van der Waals surface area contributed by atoms with Crippen molar-refractivity contribution in [2.45, 2.75) is 20.3 Å². The van der Waals surface area contributed by atoms with Gasteiger partial charge in [0.25, 0.3) is 5.91 Å². The number of thiocarbonyl (C=S) groups is 1. The Morgan fingerprint density at radius 3 is 2.54 bits per heavy atom. The van der Waals surface area contributed by atoms with Crippen LogP contribution in [0, 0.1) is 5.92 Å². The van der Waals surface area contributed by atoms with Crippen LogP contribution in [0.3, 0.4) is 0 Å². The van der Waals surface area contributed by atoms with Crippen molar-refractivity contribution in [3.63, 3.8) is 0 Å². The molecule has 2 aromatic carbocycles. The van der Waals surface area contributed by atoms with Gasteiger partial charge in [0, 0.05) is 10.0 Å². The SMILES string of the molecule is CC(C)CCOc1ccc(C(=O)NC(=S)Nc2ccccc2Br)cc1Br. The van der Waals surface area contributed by atoms with Crippen molar-refractivity contribution >= 4 is 60.8 Å². The number of nitrogens with one attached hydrogen (secondary N) is 2. The first-order valence-corrected chi connectivity index (χ1v) is 10.2. The molecule has 4 nitrogen and oxygen atoms in total. The van der Waals surface area contributed by atoms with Crippen molar-refractivity contribution in [2.24, 2.45) is 5.92 Å². The van der Waals surface area contributed by atoms with E-state index in [9.17, 15) is 4.79 Å². The molecule has 0 saturated carbocycles. The number of para-hydroxylation sites is 1. The standard InChI is InChI=1S/C19H20Br2N2O2S/c1-12(2)9-10-25-17-8-7-13(11-15(17)21)18(24)23-19(26)22-16-6-4-3-5-14(16)20/h3-8,11-12H,9-10H2,1-2H3,(H2,22,23,24,26). The molecule has 0 aliphatic heterocycles. The van der Waals surface area contributed by atoms with E-state index < -0.39 is 0 Å². The Balaban J connectivity index is 1.95. The largest absolute Gasteiger partial charge is 0.492 e. The van der Waals surface area contributed by atoms with Crippen molar-refractivity contribution < 1.29 is 9.53 Å². The van der Waals surface area contributed by atoms with Gasteiger partial charge < -0.3 is 10.1 Å². The minimum Gasteiger partial charge on any atom is -0.492 e. The van der Waals surface area contributed by atoms with Crippen LogP contribution in [0.25, 0.3) is 0 Å². The third-order valence-corrected chi connectivity index (χ3v) is 5.01. The van der Waals surface area contributed by atoms with Gasteiger partial charge in [0.1, 0.15) is 5.75 Å². The summed E-state index contributed by atoms with van der Waals surface area (Å²) in [6.07, 6.45) is 0.976. The molecule has 1 amide bonds. The molecular weight excluding hydrogens is 480 g/mol. The first-order valence-electron chi connectivity index (χ1n) is 8.16. The van der Waals surface area contributed by atoms with Gasteiger partial charge in [-0.3, -0.25) is 10.1 Å². The van der Waals surface area contributed by atoms with Gasteiger partial charge in [-0.1, -0.05) is 26.0 Å². The Morgan fingerprint density at radius 2 is 1.88 bits per heavy atom. The maximum Gasteiger partial charge on any atom is 0.257 e. The highest BCUT2D eigenvalue weighted by Gasteiger charge is 2.12. The van der Waals surface area contributed by atoms with Gasteiger partial charge in [-0.15, -0.1) is 0 Å². The molecule has 0 atom stereocenters. The van der Waals surface area contributed by atoms with E-state index in [0.29, 0.717) is 18.1 Å². The zero-order chi connectivity index (χ0) is 19.1. The van der Waals surface area contributed by atoms with E-state index in [2.05, 4.69) is 56.3 Å². The van der Waals surface area contributed by atoms with Crippen molar-refractivity contribution in [1.82, 2.24) is 5.32 Å². The Kier molecular flexibility index (Phi) is 8.06. The number of carbonyl (C=O) groups is 1. The molecule has 26 heavy (non-hydrogen) atoms. The quantitative estimate of drug-likeness (QED) is 0.496. The van der Waals surface area contributed by atoms with Gasteiger partial charge in [-0.05, 0) is 86.7 Å². The lowest BCUT2D eigenvalue weighted by molar-refractivity contribution is 0.0977. The van der Waals surface area contributed by atoms with E-state index in [4.69, 9.17) is 17.0 Å². The lowest BCUT2D eigenvalue weighted by atomic mass is 10.1. The number of hydrogen-bond donors (Lipinski definition) is 2. The molecule has 2 N–H and O–H groups in total. The number of rotatable bonds is 6.